The van der Waals surface area contributed by atoms with Gasteiger partial charge in [0.15, 0.2) is 0 Å². The van der Waals surface area contributed by atoms with E-state index in [0.717, 1.165) is 15.9 Å². The number of hydrazone groups is 1. The van der Waals surface area contributed by atoms with E-state index < -0.39 is 0 Å². The molecule has 6 atom stereocenters. The fourth-order valence-electron chi connectivity index (χ4n) is 5.16. The van der Waals surface area contributed by atoms with Gasteiger partial charge in [0, 0.05) is 11.6 Å². The number of allylic oxidation sites excluding steroid dienone is 2. The minimum absolute atomic E-state index is 0.169. The Morgan fingerprint density at radius 1 is 1.04 bits per heavy atom. The van der Waals surface area contributed by atoms with Gasteiger partial charge in [-0.1, -0.05) is 12.2 Å². The standard InChI is InChI=1S/C20H19BrN2O4/c1-26-15-7-16(27-2)14(21)5-9(15)8-22-23-19(24)17-10-3-4-11(13-6-12(10)13)18(17)20(23)25/h3-5,7-8,10-13,17-18H,6H2,1-2H3/b22-8-/t10-,11-,12-,13+,17+,18+/m0/s1. The third-order valence-corrected chi connectivity index (χ3v) is 7.08. The lowest BCUT2D eigenvalue weighted by Gasteiger charge is -2.37. The van der Waals surface area contributed by atoms with Gasteiger partial charge in [-0.25, -0.2) is 0 Å². The summed E-state index contributed by atoms with van der Waals surface area (Å²) in [6, 6.07) is 3.52. The summed E-state index contributed by atoms with van der Waals surface area (Å²) in [6.07, 6.45) is 6.96. The molecule has 1 heterocycles. The van der Waals surface area contributed by atoms with Gasteiger partial charge in [-0.3, -0.25) is 9.59 Å². The summed E-state index contributed by atoms with van der Waals surface area (Å²) >= 11 is 3.44. The molecule has 2 amide bonds. The highest BCUT2D eigenvalue weighted by Gasteiger charge is 2.67. The number of nitrogens with zero attached hydrogens (tertiary/aromatic N) is 2. The van der Waals surface area contributed by atoms with Crippen molar-refractivity contribution in [2.24, 2.45) is 40.6 Å². The Balaban J connectivity index is 1.45. The highest BCUT2D eigenvalue weighted by molar-refractivity contribution is 9.10. The van der Waals surface area contributed by atoms with Crippen LogP contribution in [0, 0.1) is 35.5 Å². The maximum atomic E-state index is 12.9. The quantitative estimate of drug-likeness (QED) is 0.418. The summed E-state index contributed by atoms with van der Waals surface area (Å²) in [6.45, 7) is 0. The van der Waals surface area contributed by atoms with Crippen LogP contribution < -0.4 is 9.47 Å². The molecular formula is C20H19BrN2O4. The Labute approximate surface area is 165 Å². The first-order valence-corrected chi connectivity index (χ1v) is 9.86. The Morgan fingerprint density at radius 3 is 2.19 bits per heavy atom. The van der Waals surface area contributed by atoms with Crippen molar-refractivity contribution in [1.29, 1.82) is 0 Å². The van der Waals surface area contributed by atoms with E-state index in [0.29, 0.717) is 28.9 Å². The van der Waals surface area contributed by atoms with E-state index >= 15 is 0 Å². The number of ether oxygens (including phenoxy) is 2. The van der Waals surface area contributed by atoms with Gasteiger partial charge in [0.2, 0.25) is 0 Å². The van der Waals surface area contributed by atoms with Gasteiger partial charge >= 0.3 is 0 Å². The van der Waals surface area contributed by atoms with Gasteiger partial charge in [0.25, 0.3) is 11.8 Å². The molecule has 27 heavy (non-hydrogen) atoms. The average Bonchev–Trinajstić information content (AvgIpc) is 3.45. The number of benzene rings is 1. The monoisotopic (exact) mass is 430 g/mol. The second kappa shape index (κ2) is 5.92. The molecule has 5 aliphatic rings. The molecule has 6 nitrogen and oxygen atoms in total. The zero-order valence-corrected chi connectivity index (χ0v) is 16.5. The number of hydrogen-bond acceptors (Lipinski definition) is 5. The Morgan fingerprint density at radius 2 is 1.63 bits per heavy atom. The third-order valence-electron chi connectivity index (χ3n) is 6.46. The van der Waals surface area contributed by atoms with Crippen molar-refractivity contribution in [2.45, 2.75) is 6.42 Å². The summed E-state index contributed by atoms with van der Waals surface area (Å²) in [5.74, 6) is 1.94. The molecule has 3 fully saturated rings. The van der Waals surface area contributed by atoms with Crippen molar-refractivity contribution in [3.05, 3.63) is 34.3 Å². The molecule has 2 saturated carbocycles. The van der Waals surface area contributed by atoms with Crippen LogP contribution >= 0.6 is 15.9 Å². The van der Waals surface area contributed by atoms with Gasteiger partial charge in [-0.05, 0) is 52.1 Å². The summed E-state index contributed by atoms with van der Waals surface area (Å²) in [4.78, 5) is 25.9. The lowest BCUT2D eigenvalue weighted by Crippen LogP contribution is -2.40. The van der Waals surface area contributed by atoms with Gasteiger partial charge in [-0.2, -0.15) is 10.1 Å². The Kier molecular flexibility index (Phi) is 3.73. The minimum atomic E-state index is -0.238. The summed E-state index contributed by atoms with van der Waals surface area (Å²) in [7, 11) is 3.12. The van der Waals surface area contributed by atoms with Crippen LogP contribution in [0.1, 0.15) is 12.0 Å². The highest BCUT2D eigenvalue weighted by atomic mass is 79.9. The lowest BCUT2D eigenvalue weighted by molar-refractivity contribution is -0.140. The summed E-state index contributed by atoms with van der Waals surface area (Å²) in [5, 5.41) is 5.34. The second-order valence-electron chi connectivity index (χ2n) is 7.62. The molecule has 0 aromatic heterocycles. The van der Waals surface area contributed by atoms with E-state index in [1.165, 1.54) is 6.21 Å². The average molecular weight is 431 g/mol. The van der Waals surface area contributed by atoms with Crippen LogP contribution in [0.5, 0.6) is 11.5 Å². The van der Waals surface area contributed by atoms with Crippen molar-refractivity contribution >= 4 is 34.0 Å². The van der Waals surface area contributed by atoms with Crippen LogP contribution in [0.25, 0.3) is 0 Å². The van der Waals surface area contributed by atoms with Gasteiger partial charge in [-0.15, -0.1) is 0 Å². The normalized spacial score (nSPS) is 35.6. The summed E-state index contributed by atoms with van der Waals surface area (Å²) in [5.41, 5.74) is 0.657. The van der Waals surface area contributed by atoms with Crippen LogP contribution in [-0.4, -0.2) is 37.3 Å². The first kappa shape index (κ1) is 17.0. The van der Waals surface area contributed by atoms with E-state index in [9.17, 15) is 9.59 Å². The predicted octanol–water partition coefficient (Wildman–Crippen LogP) is 2.85. The molecule has 1 saturated heterocycles. The number of rotatable bonds is 4. The molecule has 6 rings (SSSR count). The van der Waals surface area contributed by atoms with Crippen molar-refractivity contribution in [3.8, 4) is 11.5 Å². The second-order valence-corrected chi connectivity index (χ2v) is 8.47. The van der Waals surface area contributed by atoms with Crippen LogP contribution in [0.2, 0.25) is 0 Å². The number of halogens is 1. The zero-order valence-electron chi connectivity index (χ0n) is 15.0. The molecule has 0 N–H and O–H groups in total. The van der Waals surface area contributed by atoms with Gasteiger partial charge in [0.05, 0.1) is 36.7 Å². The molecule has 0 unspecified atom stereocenters. The fourth-order valence-corrected chi connectivity index (χ4v) is 5.68. The van der Waals surface area contributed by atoms with E-state index in [2.05, 4.69) is 33.2 Å². The Bertz CT molecular complexity index is 875. The smallest absolute Gasteiger partial charge is 0.254 e. The predicted molar refractivity (Wildman–Crippen MR) is 101 cm³/mol. The van der Waals surface area contributed by atoms with E-state index in [4.69, 9.17) is 9.47 Å². The number of carbonyl (C=O) groups is 2. The molecule has 4 aliphatic carbocycles. The molecule has 1 aromatic carbocycles. The highest BCUT2D eigenvalue weighted by Crippen LogP contribution is 2.65. The van der Waals surface area contributed by atoms with Crippen LogP contribution in [0.3, 0.4) is 0 Å². The number of methoxy groups -OCH3 is 2. The van der Waals surface area contributed by atoms with Crippen molar-refractivity contribution in [2.75, 3.05) is 14.2 Å². The minimum Gasteiger partial charge on any atom is -0.496 e. The first-order chi connectivity index (χ1) is 13.0. The van der Waals surface area contributed by atoms with Crippen molar-refractivity contribution in [3.63, 3.8) is 0 Å². The number of amides is 2. The molecule has 7 heteroatoms. The van der Waals surface area contributed by atoms with Crippen molar-refractivity contribution < 1.29 is 19.1 Å². The number of hydrogen-bond donors (Lipinski definition) is 0. The maximum Gasteiger partial charge on any atom is 0.254 e. The van der Waals surface area contributed by atoms with Gasteiger partial charge < -0.3 is 9.47 Å². The molecule has 0 radical (unpaired) electrons. The zero-order chi connectivity index (χ0) is 18.9. The Hall–Kier alpha value is -2.15. The van der Waals surface area contributed by atoms with E-state index in [-0.39, 0.29) is 35.5 Å². The number of imide groups is 1. The largest absolute Gasteiger partial charge is 0.496 e. The molecule has 2 bridgehead atoms. The summed E-state index contributed by atoms with van der Waals surface area (Å²) < 4.78 is 11.4. The molecule has 1 aromatic rings. The van der Waals surface area contributed by atoms with Gasteiger partial charge in [0.1, 0.15) is 11.5 Å². The van der Waals surface area contributed by atoms with E-state index in [1.807, 2.05) is 0 Å². The van der Waals surface area contributed by atoms with Crippen LogP contribution in [0.4, 0.5) is 0 Å². The van der Waals surface area contributed by atoms with Crippen LogP contribution in [0.15, 0.2) is 33.9 Å². The molecular weight excluding hydrogens is 412 g/mol. The fraction of sp³-hybridized carbons (Fsp3) is 0.450. The third kappa shape index (κ3) is 2.33. The lowest BCUT2D eigenvalue weighted by atomic mass is 9.63. The van der Waals surface area contributed by atoms with Crippen molar-refractivity contribution in [1.82, 2.24) is 5.01 Å². The maximum absolute atomic E-state index is 12.9. The van der Waals surface area contributed by atoms with Crippen LogP contribution in [-0.2, 0) is 9.59 Å². The SMILES string of the molecule is COc1cc(OC)c(/C=N\N2C(=O)[C@@H]3[C@H]4C=C[C@@H]([C@@H]5C[C@H]45)[C@H]3C2=O)cc1Br. The van der Waals surface area contributed by atoms with E-state index in [1.54, 1.807) is 26.4 Å². The first-order valence-electron chi connectivity index (χ1n) is 9.06. The topological polar surface area (TPSA) is 68.2 Å². The molecule has 140 valence electrons. The number of carbonyl (C=O) groups excluding carboxylic acids is 2. The molecule has 1 aliphatic heterocycles. The molecule has 0 spiro atoms.